The Morgan fingerprint density at radius 2 is 0.520 bits per heavy atom. The molecule has 3 heterocycles. The summed E-state index contributed by atoms with van der Waals surface area (Å²) >= 11 is 0. The quantitative estimate of drug-likeness (QED) is 0.175. The molecule has 0 aromatic heterocycles. The normalized spacial score (nSPS) is 13.1. The van der Waals surface area contributed by atoms with Crippen LogP contribution in [0.15, 0.2) is 182 Å². The van der Waals surface area contributed by atoms with E-state index in [1.807, 2.05) is 0 Å². The molecule has 0 unspecified atom stereocenters. The summed E-state index contributed by atoms with van der Waals surface area (Å²) in [5, 5.41) is 0. The van der Waals surface area contributed by atoms with Gasteiger partial charge >= 0.3 is 0 Å². The fourth-order valence-electron chi connectivity index (χ4n) is 6.33. The van der Waals surface area contributed by atoms with Crippen LogP contribution in [-0.4, -0.2) is 19.6 Å². The number of nitrogens with zero attached hydrogens (tertiary/aromatic N) is 3. The number of anilines is 6. The fourth-order valence-corrected chi connectivity index (χ4v) is 6.33. The van der Waals surface area contributed by atoms with Gasteiger partial charge in [-0.15, -0.1) is 0 Å². The molecule has 0 fully saturated rings. The second-order valence-electron chi connectivity index (χ2n) is 11.7. The van der Waals surface area contributed by atoms with Crippen LogP contribution in [0.25, 0.3) is 18.2 Å². The molecule has 5 heteroatoms. The number of fused-ring (bicyclic) bond motifs is 3. The van der Waals surface area contributed by atoms with Crippen molar-refractivity contribution < 1.29 is 40.2 Å². The van der Waals surface area contributed by atoms with Gasteiger partial charge in [0.2, 0.25) is 0 Å². The number of rotatable bonds is 3. The van der Waals surface area contributed by atoms with Gasteiger partial charge in [-0.3, -0.25) is 0 Å². The molecule has 50 heavy (non-hydrogen) atoms. The number of hydrogen-bond acceptors (Lipinski definition) is 3. The van der Waals surface area contributed by atoms with Crippen molar-refractivity contribution in [2.45, 2.75) is 0 Å². The number of benzene rings is 6. The SMILES string of the molecule is C1=Cc2ccccc2N(c2ccccc2)C1.C1=Cc2ccccc2N(c2ccccc2)C1.C1=Cc2ccccc2N(c2ccccc2)C1.[Ir].[Ir]. The zero-order chi connectivity index (χ0) is 32.4. The molecule has 6 aromatic rings. The molecule has 0 spiro atoms. The maximum atomic E-state index is 2.33. The van der Waals surface area contributed by atoms with Crippen LogP contribution in [0.2, 0.25) is 0 Å². The van der Waals surface area contributed by atoms with Crippen molar-refractivity contribution in [2.24, 2.45) is 0 Å². The number of hydrogen-bond donors (Lipinski definition) is 0. The Hall–Kier alpha value is -4.76. The summed E-state index contributed by atoms with van der Waals surface area (Å²) in [6.07, 6.45) is 13.2. The van der Waals surface area contributed by atoms with Crippen molar-refractivity contribution in [3.05, 3.63) is 199 Å². The van der Waals surface area contributed by atoms with Gasteiger partial charge in [-0.1, -0.05) is 146 Å². The molecule has 2 radical (unpaired) electrons. The summed E-state index contributed by atoms with van der Waals surface area (Å²) in [6, 6.07) is 57.0. The first-order valence-electron chi connectivity index (χ1n) is 16.6. The van der Waals surface area contributed by atoms with E-state index in [9.17, 15) is 0 Å². The molecular weight excluding hydrogens is 967 g/mol. The third-order valence-electron chi connectivity index (χ3n) is 8.64. The van der Waals surface area contributed by atoms with Gasteiger partial charge in [0.25, 0.3) is 0 Å². The molecule has 0 saturated carbocycles. The molecule has 3 nitrogen and oxygen atoms in total. The minimum Gasteiger partial charge on any atom is -0.337 e. The summed E-state index contributed by atoms with van der Waals surface area (Å²) in [7, 11) is 0. The second kappa shape index (κ2) is 18.3. The molecule has 9 rings (SSSR count). The van der Waals surface area contributed by atoms with Crippen molar-refractivity contribution in [1.82, 2.24) is 0 Å². The Labute approximate surface area is 323 Å². The van der Waals surface area contributed by atoms with E-state index in [1.54, 1.807) is 0 Å². The van der Waals surface area contributed by atoms with Crippen molar-refractivity contribution >= 4 is 52.4 Å². The zero-order valence-electron chi connectivity index (χ0n) is 27.7. The van der Waals surface area contributed by atoms with Crippen LogP contribution < -0.4 is 14.7 Å². The third kappa shape index (κ3) is 8.69. The molecule has 0 aliphatic carbocycles. The van der Waals surface area contributed by atoms with Gasteiger partial charge in [-0.25, -0.2) is 0 Å². The van der Waals surface area contributed by atoms with Gasteiger partial charge in [-0.05, 0) is 71.3 Å². The van der Waals surface area contributed by atoms with E-state index in [0.717, 1.165) is 19.6 Å². The zero-order valence-corrected chi connectivity index (χ0v) is 32.5. The van der Waals surface area contributed by atoms with Crippen molar-refractivity contribution in [2.75, 3.05) is 34.3 Å². The van der Waals surface area contributed by atoms with E-state index >= 15 is 0 Å². The smallest absolute Gasteiger partial charge is 0.0487 e. The molecule has 3 aliphatic heterocycles. The van der Waals surface area contributed by atoms with Gasteiger partial charge in [0.05, 0.1) is 0 Å². The minimum absolute atomic E-state index is 0. The molecule has 252 valence electrons. The van der Waals surface area contributed by atoms with E-state index < -0.39 is 0 Å². The first-order valence-corrected chi connectivity index (χ1v) is 16.6. The van der Waals surface area contributed by atoms with E-state index in [1.165, 1.54) is 50.8 Å². The van der Waals surface area contributed by atoms with Crippen molar-refractivity contribution in [1.29, 1.82) is 0 Å². The van der Waals surface area contributed by atoms with Crippen LogP contribution in [0.3, 0.4) is 0 Å². The molecule has 0 bridgehead atoms. The van der Waals surface area contributed by atoms with Crippen LogP contribution in [-0.2, 0) is 40.2 Å². The van der Waals surface area contributed by atoms with Gasteiger partial charge in [0.15, 0.2) is 0 Å². The average Bonchev–Trinajstić information content (AvgIpc) is 3.19. The fraction of sp³-hybridized carbons (Fsp3) is 0.0667. The Morgan fingerprint density at radius 3 is 0.800 bits per heavy atom. The maximum absolute atomic E-state index is 2.33. The number of para-hydroxylation sites is 6. The molecule has 0 N–H and O–H groups in total. The summed E-state index contributed by atoms with van der Waals surface area (Å²) < 4.78 is 0. The molecule has 0 saturated heterocycles. The van der Waals surface area contributed by atoms with Crippen LogP contribution in [0.4, 0.5) is 34.1 Å². The van der Waals surface area contributed by atoms with Crippen LogP contribution in [0, 0.1) is 0 Å². The topological polar surface area (TPSA) is 9.72 Å². The maximum Gasteiger partial charge on any atom is 0.0487 e. The van der Waals surface area contributed by atoms with E-state index in [-0.39, 0.29) is 40.2 Å². The molecule has 3 aliphatic rings. The Bertz CT molecular complexity index is 1790. The van der Waals surface area contributed by atoms with Gasteiger partial charge in [-0.2, -0.15) is 0 Å². The summed E-state index contributed by atoms with van der Waals surface area (Å²) in [4.78, 5) is 6.99. The van der Waals surface area contributed by atoms with Crippen molar-refractivity contribution in [3.8, 4) is 0 Å². The van der Waals surface area contributed by atoms with Crippen LogP contribution in [0.1, 0.15) is 16.7 Å². The largest absolute Gasteiger partial charge is 0.337 e. The van der Waals surface area contributed by atoms with Gasteiger partial charge < -0.3 is 14.7 Å². The minimum atomic E-state index is 0. The molecule has 6 aromatic carbocycles. The van der Waals surface area contributed by atoms with E-state index in [0.29, 0.717) is 0 Å². The second-order valence-corrected chi connectivity index (χ2v) is 11.7. The molecule has 0 amide bonds. The van der Waals surface area contributed by atoms with Gasteiger partial charge in [0.1, 0.15) is 0 Å². The average molecular weight is 1010 g/mol. The predicted molar refractivity (Wildman–Crippen MR) is 207 cm³/mol. The van der Waals surface area contributed by atoms with Gasteiger partial charge in [0, 0.05) is 94.0 Å². The van der Waals surface area contributed by atoms with E-state index in [2.05, 4.69) is 215 Å². The first kappa shape index (κ1) is 36.5. The molecular formula is C45H39Ir2N3. The van der Waals surface area contributed by atoms with Crippen LogP contribution in [0.5, 0.6) is 0 Å². The first-order chi connectivity index (χ1) is 23.8. The predicted octanol–water partition coefficient (Wildman–Crippen LogP) is 11.5. The van der Waals surface area contributed by atoms with Crippen molar-refractivity contribution in [3.63, 3.8) is 0 Å². The van der Waals surface area contributed by atoms with E-state index in [4.69, 9.17) is 0 Å². The van der Waals surface area contributed by atoms with Crippen LogP contribution >= 0.6 is 0 Å². The monoisotopic (exact) mass is 1010 g/mol. The summed E-state index contributed by atoms with van der Waals surface area (Å²) in [6.45, 7) is 2.84. The Morgan fingerprint density at radius 1 is 0.280 bits per heavy atom. The summed E-state index contributed by atoms with van der Waals surface area (Å²) in [5.41, 5.74) is 11.5. The Balaban J connectivity index is 0.000000143. The standard InChI is InChI=1S/3C15H13N.2Ir/c3*1-2-9-14(10-3-1)16-12-6-8-13-7-4-5-11-15(13)16;;/h3*1-11H,12H2;;. The molecule has 0 atom stereocenters. The summed E-state index contributed by atoms with van der Waals surface area (Å²) in [5.74, 6) is 0. The Kier molecular flexibility index (Phi) is 13.4. The third-order valence-corrected chi connectivity index (χ3v) is 8.64.